The number of aliphatic hydroxyl groups excluding tert-OH is 1. The predicted octanol–water partition coefficient (Wildman–Crippen LogP) is 9.09. The second-order valence-corrected chi connectivity index (χ2v) is 21.8. The van der Waals surface area contributed by atoms with Crippen molar-refractivity contribution in [3.8, 4) is 22.4 Å². The van der Waals surface area contributed by atoms with Gasteiger partial charge in [-0.3, -0.25) is 4.79 Å². The third-order valence-corrected chi connectivity index (χ3v) is 10.7. The van der Waals surface area contributed by atoms with Gasteiger partial charge in [0.05, 0.1) is 5.76 Å². The van der Waals surface area contributed by atoms with Crippen LogP contribution in [0.4, 0.5) is 13.2 Å². The summed E-state index contributed by atoms with van der Waals surface area (Å²) < 4.78 is 43.0. The normalized spacial score (nSPS) is 12.0. The van der Waals surface area contributed by atoms with Crippen molar-refractivity contribution in [2.24, 2.45) is 0 Å². The first-order chi connectivity index (χ1) is 18.6. The van der Waals surface area contributed by atoms with Crippen molar-refractivity contribution in [1.29, 1.82) is 0 Å². The van der Waals surface area contributed by atoms with Crippen molar-refractivity contribution in [3.63, 3.8) is 0 Å². The molecular weight excluding hydrogens is 764 g/mol. The number of ketones is 1. The number of benzene rings is 3. The predicted molar refractivity (Wildman–Crippen MR) is 161 cm³/mol. The largest absolute Gasteiger partial charge is 0 e. The van der Waals surface area contributed by atoms with Crippen LogP contribution in [-0.2, 0) is 31.1 Å². The van der Waals surface area contributed by atoms with E-state index in [4.69, 9.17) is 5.11 Å². The molecule has 1 N–H and O–H groups in total. The molecule has 0 saturated heterocycles. The van der Waals surface area contributed by atoms with E-state index in [9.17, 15) is 18.0 Å². The third-order valence-electron chi connectivity index (χ3n) is 6.38. The summed E-state index contributed by atoms with van der Waals surface area (Å²) in [6, 6.07) is 21.8. The van der Waals surface area contributed by atoms with Gasteiger partial charge in [0.1, 0.15) is 0 Å². The van der Waals surface area contributed by atoms with E-state index in [-0.39, 0.29) is 37.2 Å². The number of nitrogens with zero attached hydrogens (tertiary/aromatic N) is 1. The van der Waals surface area contributed by atoms with Crippen molar-refractivity contribution in [2.75, 3.05) is 0 Å². The molecule has 0 unspecified atom stereocenters. The van der Waals surface area contributed by atoms with Crippen molar-refractivity contribution in [1.82, 2.24) is 4.98 Å². The van der Waals surface area contributed by atoms with E-state index in [1.165, 1.54) is 31.6 Å². The van der Waals surface area contributed by atoms with E-state index in [0.717, 1.165) is 20.7 Å². The first kappa shape index (κ1) is 34.5. The topological polar surface area (TPSA) is 50.2 Å². The van der Waals surface area contributed by atoms with Crippen LogP contribution >= 0.6 is 0 Å². The Morgan fingerprint density at radius 1 is 1.00 bits per heavy atom. The van der Waals surface area contributed by atoms with Gasteiger partial charge in [0.2, 0.25) is 0 Å². The Kier molecular flexibility index (Phi) is 11.7. The molecule has 0 bridgehead atoms. The Bertz CT molecular complexity index is 1550. The number of aliphatic hydroxyl groups is 1. The fourth-order valence-corrected chi connectivity index (χ4v) is 6.85. The van der Waals surface area contributed by atoms with Crippen LogP contribution in [0.2, 0.25) is 17.3 Å². The summed E-state index contributed by atoms with van der Waals surface area (Å²) in [5, 5.41) is 10.5. The zero-order chi connectivity index (χ0) is 29.8. The summed E-state index contributed by atoms with van der Waals surface area (Å²) in [6.07, 6.45) is -1.68. The van der Waals surface area contributed by atoms with Crippen LogP contribution in [0.3, 0.4) is 0 Å². The SMILES string of the molecule is CC(=O)/C=C(/C)O.CC(C)c1cc(-c2cc(-c3cc[c]([Ge]([CH3])([CH3])[CH3])cc3C(F)(F)F)ccn2)[c-]c2ccccc12.[Ir]. The van der Waals surface area contributed by atoms with Crippen molar-refractivity contribution >= 4 is 34.2 Å². The molecule has 41 heavy (non-hydrogen) atoms. The van der Waals surface area contributed by atoms with Gasteiger partial charge < -0.3 is 5.11 Å². The van der Waals surface area contributed by atoms with Gasteiger partial charge in [0, 0.05) is 26.2 Å². The third kappa shape index (κ3) is 9.12. The summed E-state index contributed by atoms with van der Waals surface area (Å²) in [4.78, 5) is 14.5. The molecule has 4 rings (SSSR count). The Hall–Kier alpha value is -2.74. The number of pyridine rings is 1. The molecule has 0 amide bonds. The molecule has 0 spiro atoms. The van der Waals surface area contributed by atoms with Crippen molar-refractivity contribution in [2.45, 2.75) is 57.1 Å². The van der Waals surface area contributed by atoms with Gasteiger partial charge >= 0.3 is 190 Å². The number of alkyl halides is 3. The van der Waals surface area contributed by atoms with E-state index in [2.05, 4.69) is 54.3 Å². The fraction of sp³-hybridized carbons (Fsp3) is 0.273. The number of allylic oxidation sites excluding steroid dienone is 2. The van der Waals surface area contributed by atoms with E-state index >= 15 is 0 Å². The molecule has 4 aromatic rings. The maximum absolute atomic E-state index is 14.0. The molecular formula is C33H35F3GeIrNO2-. The molecule has 1 radical (unpaired) electrons. The second-order valence-electron chi connectivity index (χ2n) is 11.2. The summed E-state index contributed by atoms with van der Waals surface area (Å²) in [5.41, 5.74) is 2.69. The Morgan fingerprint density at radius 2 is 1.66 bits per heavy atom. The zero-order valence-electron chi connectivity index (χ0n) is 24.3. The van der Waals surface area contributed by atoms with Gasteiger partial charge in [-0.2, -0.15) is 0 Å². The van der Waals surface area contributed by atoms with Gasteiger partial charge in [0.15, 0.2) is 5.78 Å². The second kappa shape index (κ2) is 14.0. The van der Waals surface area contributed by atoms with Gasteiger partial charge in [-0.05, 0) is 13.8 Å². The Morgan fingerprint density at radius 3 is 2.20 bits per heavy atom. The van der Waals surface area contributed by atoms with Gasteiger partial charge in [-0.25, -0.2) is 0 Å². The molecule has 8 heteroatoms. The van der Waals surface area contributed by atoms with E-state index in [1.54, 1.807) is 24.4 Å². The van der Waals surface area contributed by atoms with Crippen LogP contribution in [0, 0.1) is 6.07 Å². The molecule has 0 fully saturated rings. The first-order valence-electron chi connectivity index (χ1n) is 13.1. The molecule has 3 nitrogen and oxygen atoms in total. The van der Waals surface area contributed by atoms with Crippen LogP contribution in [0.15, 0.2) is 78.7 Å². The van der Waals surface area contributed by atoms with E-state index < -0.39 is 25.0 Å². The van der Waals surface area contributed by atoms with E-state index in [1.807, 2.05) is 24.3 Å². The smallest absolute Gasteiger partial charge is 0 e. The maximum Gasteiger partial charge on any atom is 0 e. The molecule has 219 valence electrons. The van der Waals surface area contributed by atoms with Crippen molar-refractivity contribution in [3.05, 3.63) is 95.9 Å². The summed E-state index contributed by atoms with van der Waals surface area (Å²) in [5.74, 6) is 6.52. The number of rotatable bonds is 5. The minimum atomic E-state index is -4.43. The van der Waals surface area contributed by atoms with Crippen molar-refractivity contribution < 1.29 is 43.2 Å². The monoisotopic (exact) mass is 801 g/mol. The minimum Gasteiger partial charge on any atom is 0 e. The van der Waals surface area contributed by atoms with Gasteiger partial charge in [0.25, 0.3) is 0 Å². The zero-order valence-corrected chi connectivity index (χ0v) is 28.8. The molecule has 0 aliphatic rings. The average Bonchev–Trinajstić information content (AvgIpc) is 2.86. The molecule has 0 atom stereocenters. The van der Waals surface area contributed by atoms with Crippen LogP contribution < -0.4 is 4.40 Å². The fourth-order valence-electron chi connectivity index (χ4n) is 4.41. The maximum atomic E-state index is 14.0. The van der Waals surface area contributed by atoms with Gasteiger partial charge in [-0.1, -0.05) is 6.07 Å². The summed E-state index contributed by atoms with van der Waals surface area (Å²) >= 11 is -2.42. The first-order valence-corrected chi connectivity index (χ1v) is 20.4. The Labute approximate surface area is 256 Å². The van der Waals surface area contributed by atoms with Crippen LogP contribution in [-0.4, -0.2) is 29.1 Å². The number of carbonyl (C=O) groups is 1. The number of hydrogen-bond acceptors (Lipinski definition) is 3. The molecule has 1 heterocycles. The standard InChI is InChI=1S/C28H27F3GeN.C5H8O2.Ir/c1-18(2)25-15-21(14-19-8-6-7-9-23(19)25)27-16-20(12-13-33-27)24-11-10-22(32(3,4)5)17-26(24)28(29,30)31;1-4(6)3-5(2)7;/h6-13,15-18H,1-5H3;3,6H,1-2H3;/q-1;;/b;4-3-;. The van der Waals surface area contributed by atoms with Crippen LogP contribution in [0.1, 0.15) is 44.7 Å². The van der Waals surface area contributed by atoms with Gasteiger partial charge in [-0.15, -0.1) is 0 Å². The number of fused-ring (bicyclic) bond motifs is 1. The minimum absolute atomic E-state index is 0. The van der Waals surface area contributed by atoms with Crippen LogP contribution in [0.25, 0.3) is 33.2 Å². The summed E-state index contributed by atoms with van der Waals surface area (Å²) in [6.45, 7) is 7.11. The molecule has 0 aliphatic heterocycles. The molecule has 0 aliphatic carbocycles. The van der Waals surface area contributed by atoms with Crippen LogP contribution in [0.5, 0.6) is 0 Å². The number of hydrogen-bond donors (Lipinski definition) is 1. The van der Waals surface area contributed by atoms with E-state index in [0.29, 0.717) is 17.2 Å². The average molecular weight is 799 g/mol. The quantitative estimate of drug-likeness (QED) is 0.0950. The number of aromatic nitrogens is 1. The number of carbonyl (C=O) groups excluding carboxylic acids is 1. The molecule has 0 saturated carbocycles. The molecule has 3 aromatic carbocycles. The molecule has 1 aromatic heterocycles. The number of halogens is 3. The Balaban J connectivity index is 0.000000655. The summed E-state index contributed by atoms with van der Waals surface area (Å²) in [7, 11) is 0.